The van der Waals surface area contributed by atoms with Crippen molar-refractivity contribution >= 4 is 28.8 Å². The predicted octanol–water partition coefficient (Wildman–Crippen LogP) is 3.26. The number of aryl methyl sites for hydroxylation is 2. The van der Waals surface area contributed by atoms with Crippen LogP contribution in [0.2, 0.25) is 10.0 Å². The molecular formula is C9H8Cl2N2. The van der Waals surface area contributed by atoms with E-state index < -0.39 is 0 Å². The first-order valence-electron chi connectivity index (χ1n) is 3.90. The Hall–Kier alpha value is -0.730. The summed E-state index contributed by atoms with van der Waals surface area (Å²) in [5.74, 6) is 0. The van der Waals surface area contributed by atoms with E-state index in [-0.39, 0.29) is 0 Å². The van der Waals surface area contributed by atoms with Crippen LogP contribution in [-0.2, 0) is 0 Å². The van der Waals surface area contributed by atoms with Crippen LogP contribution in [0.4, 0.5) is 0 Å². The second-order valence-electron chi connectivity index (χ2n) is 2.98. The normalized spacial score (nSPS) is 11.1. The summed E-state index contributed by atoms with van der Waals surface area (Å²) in [6.45, 7) is 3.92. The molecule has 2 rings (SSSR count). The molecule has 0 saturated heterocycles. The Balaban J connectivity index is 3.00. The van der Waals surface area contributed by atoms with Gasteiger partial charge in [0.25, 0.3) is 0 Å². The first kappa shape index (κ1) is 8.85. The summed E-state index contributed by atoms with van der Waals surface area (Å²) < 4.78 is 1.95. The minimum Gasteiger partial charge on any atom is -0.299 e. The van der Waals surface area contributed by atoms with Crippen LogP contribution in [-0.4, -0.2) is 9.38 Å². The Morgan fingerprint density at radius 2 is 1.92 bits per heavy atom. The van der Waals surface area contributed by atoms with Crippen molar-refractivity contribution in [3.8, 4) is 0 Å². The third-order valence-corrected chi connectivity index (χ3v) is 2.75. The van der Waals surface area contributed by atoms with E-state index in [4.69, 9.17) is 23.2 Å². The van der Waals surface area contributed by atoms with Crippen molar-refractivity contribution in [2.24, 2.45) is 0 Å². The molecule has 0 amide bonds. The van der Waals surface area contributed by atoms with Crippen molar-refractivity contribution in [2.45, 2.75) is 13.8 Å². The summed E-state index contributed by atoms with van der Waals surface area (Å²) in [7, 11) is 0. The van der Waals surface area contributed by atoms with Gasteiger partial charge < -0.3 is 0 Å². The highest BCUT2D eigenvalue weighted by molar-refractivity contribution is 6.36. The molecular weight excluding hydrogens is 207 g/mol. The molecule has 0 aliphatic heterocycles. The lowest BCUT2D eigenvalue weighted by Gasteiger charge is -2.05. The molecule has 0 spiro atoms. The van der Waals surface area contributed by atoms with E-state index in [2.05, 4.69) is 4.98 Å². The largest absolute Gasteiger partial charge is 0.299 e. The number of halogens is 2. The third-order valence-electron chi connectivity index (χ3n) is 2.09. The highest BCUT2D eigenvalue weighted by Crippen LogP contribution is 2.25. The second-order valence-corrected chi connectivity index (χ2v) is 3.80. The maximum Gasteiger partial charge on any atom is 0.156 e. The molecule has 4 heteroatoms. The summed E-state index contributed by atoms with van der Waals surface area (Å²) in [5.41, 5.74) is 2.77. The molecule has 13 heavy (non-hydrogen) atoms. The Bertz CT molecular complexity index is 474. The van der Waals surface area contributed by atoms with Crippen molar-refractivity contribution in [3.63, 3.8) is 0 Å². The van der Waals surface area contributed by atoms with Crippen LogP contribution in [0.3, 0.4) is 0 Å². The number of aromatic nitrogens is 2. The van der Waals surface area contributed by atoms with Gasteiger partial charge in [0.2, 0.25) is 0 Å². The van der Waals surface area contributed by atoms with Crippen LogP contribution in [0.15, 0.2) is 12.3 Å². The smallest absolute Gasteiger partial charge is 0.156 e. The molecule has 2 heterocycles. The fourth-order valence-corrected chi connectivity index (χ4v) is 1.91. The lowest BCUT2D eigenvalue weighted by atomic mass is 10.3. The van der Waals surface area contributed by atoms with E-state index in [1.165, 1.54) is 0 Å². The predicted molar refractivity (Wildman–Crippen MR) is 54.7 cm³/mol. The van der Waals surface area contributed by atoms with Gasteiger partial charge in [-0.25, -0.2) is 4.98 Å². The molecule has 0 aliphatic rings. The molecule has 0 saturated carbocycles. The van der Waals surface area contributed by atoms with Gasteiger partial charge in [-0.15, -0.1) is 0 Å². The molecule has 0 radical (unpaired) electrons. The number of rotatable bonds is 0. The third kappa shape index (κ3) is 1.21. The van der Waals surface area contributed by atoms with Gasteiger partial charge in [-0.05, 0) is 19.9 Å². The minimum atomic E-state index is 0.587. The fraction of sp³-hybridized carbons (Fsp3) is 0.222. The van der Waals surface area contributed by atoms with Crippen LogP contribution < -0.4 is 0 Å². The van der Waals surface area contributed by atoms with Crippen LogP contribution >= 0.6 is 23.2 Å². The zero-order chi connectivity index (χ0) is 9.59. The number of nitrogens with zero attached hydrogens (tertiary/aromatic N) is 2. The van der Waals surface area contributed by atoms with Gasteiger partial charge in [0.1, 0.15) is 0 Å². The van der Waals surface area contributed by atoms with Crippen molar-refractivity contribution in [1.29, 1.82) is 0 Å². The van der Waals surface area contributed by atoms with E-state index in [1.807, 2.05) is 18.2 Å². The zero-order valence-electron chi connectivity index (χ0n) is 7.31. The molecule has 0 unspecified atom stereocenters. The van der Waals surface area contributed by atoms with Crippen LogP contribution in [0.25, 0.3) is 5.65 Å². The zero-order valence-corrected chi connectivity index (χ0v) is 8.82. The first-order valence-corrected chi connectivity index (χ1v) is 4.65. The Morgan fingerprint density at radius 3 is 2.62 bits per heavy atom. The molecule has 68 valence electrons. The molecule has 0 atom stereocenters. The number of fused-ring (bicyclic) bond motifs is 1. The summed E-state index contributed by atoms with van der Waals surface area (Å²) >= 11 is 12.0. The van der Waals surface area contributed by atoms with Gasteiger partial charge in [0.05, 0.1) is 10.0 Å². The Labute approximate surface area is 86.1 Å². The van der Waals surface area contributed by atoms with Crippen molar-refractivity contribution in [2.75, 3.05) is 0 Å². The van der Waals surface area contributed by atoms with E-state index in [0.717, 1.165) is 17.0 Å². The lowest BCUT2D eigenvalue weighted by molar-refractivity contribution is 1.04. The number of imidazole rings is 1. The molecule has 0 fully saturated rings. The number of hydrogen-bond donors (Lipinski definition) is 0. The highest BCUT2D eigenvalue weighted by atomic mass is 35.5. The minimum absolute atomic E-state index is 0.587. The van der Waals surface area contributed by atoms with Crippen molar-refractivity contribution in [1.82, 2.24) is 9.38 Å². The summed E-state index contributed by atoms with van der Waals surface area (Å²) in [5, 5.41) is 1.25. The van der Waals surface area contributed by atoms with Gasteiger partial charge in [0.15, 0.2) is 5.65 Å². The quantitative estimate of drug-likeness (QED) is 0.659. The average Bonchev–Trinajstić information content (AvgIpc) is 2.44. The Morgan fingerprint density at radius 1 is 1.23 bits per heavy atom. The maximum absolute atomic E-state index is 5.99. The SMILES string of the molecule is Cc1cnc2c(Cl)cc(Cl)c(C)n12. The highest BCUT2D eigenvalue weighted by Gasteiger charge is 2.08. The molecule has 0 N–H and O–H groups in total. The van der Waals surface area contributed by atoms with Crippen LogP contribution in [0, 0.1) is 13.8 Å². The monoisotopic (exact) mass is 214 g/mol. The summed E-state index contributed by atoms with van der Waals surface area (Å²) in [4.78, 5) is 4.19. The Kier molecular flexibility index (Phi) is 1.97. The molecule has 0 aromatic carbocycles. The standard InChI is InChI=1S/C9H8Cl2N2/c1-5-4-12-9-8(11)3-7(10)6(2)13(5)9/h3-4H,1-2H3. The van der Waals surface area contributed by atoms with E-state index >= 15 is 0 Å². The summed E-state index contributed by atoms with van der Waals surface area (Å²) in [6, 6.07) is 1.72. The van der Waals surface area contributed by atoms with E-state index in [0.29, 0.717) is 10.0 Å². The van der Waals surface area contributed by atoms with Gasteiger partial charge in [-0.2, -0.15) is 0 Å². The van der Waals surface area contributed by atoms with Gasteiger partial charge in [-0.1, -0.05) is 23.2 Å². The van der Waals surface area contributed by atoms with Gasteiger partial charge in [0, 0.05) is 17.6 Å². The molecule has 0 bridgehead atoms. The van der Waals surface area contributed by atoms with Crippen molar-refractivity contribution < 1.29 is 0 Å². The topological polar surface area (TPSA) is 17.3 Å². The van der Waals surface area contributed by atoms with E-state index in [1.54, 1.807) is 12.3 Å². The first-order chi connectivity index (χ1) is 6.11. The van der Waals surface area contributed by atoms with Gasteiger partial charge in [-0.3, -0.25) is 4.40 Å². The molecule has 2 nitrogen and oxygen atoms in total. The molecule has 0 aliphatic carbocycles. The van der Waals surface area contributed by atoms with Gasteiger partial charge >= 0.3 is 0 Å². The number of hydrogen-bond acceptors (Lipinski definition) is 1. The molecule has 2 aromatic rings. The van der Waals surface area contributed by atoms with E-state index in [9.17, 15) is 0 Å². The van der Waals surface area contributed by atoms with Crippen LogP contribution in [0.5, 0.6) is 0 Å². The maximum atomic E-state index is 5.99. The fourth-order valence-electron chi connectivity index (χ4n) is 1.42. The molecule has 2 aromatic heterocycles. The van der Waals surface area contributed by atoms with Crippen LogP contribution in [0.1, 0.15) is 11.4 Å². The lowest BCUT2D eigenvalue weighted by Crippen LogP contribution is -1.94. The number of pyridine rings is 1. The second kappa shape index (κ2) is 2.89. The summed E-state index contributed by atoms with van der Waals surface area (Å²) in [6.07, 6.45) is 1.78. The van der Waals surface area contributed by atoms with Crippen molar-refractivity contribution in [3.05, 3.63) is 33.7 Å². The average molecular weight is 215 g/mol.